The van der Waals surface area contributed by atoms with Crippen molar-refractivity contribution >= 4 is 39.5 Å². The van der Waals surface area contributed by atoms with E-state index < -0.39 is 97.5 Å². The lowest BCUT2D eigenvalue weighted by Crippen LogP contribution is -2.30. The molecule has 5 atom stereocenters. The highest BCUT2D eigenvalue weighted by Crippen LogP contribution is 2.45. The fourth-order valence-corrected chi connectivity index (χ4v) is 14.6. The first-order valence-electron chi connectivity index (χ1n) is 43.9. The first-order chi connectivity index (χ1) is 50.7. The number of phosphoric ester groups is 2. The van der Waals surface area contributed by atoms with Crippen LogP contribution >= 0.6 is 15.6 Å². The Bertz CT molecular complexity index is 2010. The molecule has 0 heterocycles. The zero-order valence-electron chi connectivity index (χ0n) is 67.7. The molecule has 0 aromatic carbocycles. The summed E-state index contributed by atoms with van der Waals surface area (Å²) in [5.41, 5.74) is 0. The highest BCUT2D eigenvalue weighted by atomic mass is 31.2. The third kappa shape index (κ3) is 77.9. The molecule has 0 aliphatic carbocycles. The zero-order valence-corrected chi connectivity index (χ0v) is 69.5. The Kier molecular flexibility index (Phi) is 77.2. The normalized spacial score (nSPS) is 13.8. The summed E-state index contributed by atoms with van der Waals surface area (Å²) in [6, 6.07) is 0. The molecule has 0 aliphatic rings. The second-order valence-electron chi connectivity index (χ2n) is 30.2. The summed E-state index contributed by atoms with van der Waals surface area (Å²) >= 11 is 0. The lowest BCUT2D eigenvalue weighted by molar-refractivity contribution is -0.161. The van der Waals surface area contributed by atoms with Crippen LogP contribution in [0.2, 0.25) is 0 Å². The molecule has 0 radical (unpaired) electrons. The SMILES string of the molecule is CCCCCCCC/C=C\CCCCCCCC(=O)OC[C@H](COP(=O)(O)OC[C@H](O)COP(=O)(O)OC[C@@H](COC(=O)CCCCCCCCCCCCCCCCC)OC(=O)CCCCCCCCCCCCCCCCCCC)OC(=O)CCCCCCCCCCCCCCCCCCC. The van der Waals surface area contributed by atoms with Gasteiger partial charge in [-0.05, 0) is 51.4 Å². The van der Waals surface area contributed by atoms with Gasteiger partial charge >= 0.3 is 39.5 Å². The molecule has 0 bridgehead atoms. The topological polar surface area (TPSA) is 237 Å². The van der Waals surface area contributed by atoms with E-state index in [1.165, 1.54) is 263 Å². The minimum Gasteiger partial charge on any atom is -0.462 e. The van der Waals surface area contributed by atoms with Crippen LogP contribution in [0.3, 0.4) is 0 Å². The molecule has 0 aliphatic heterocycles. The van der Waals surface area contributed by atoms with Gasteiger partial charge in [-0.15, -0.1) is 0 Å². The van der Waals surface area contributed by atoms with Gasteiger partial charge in [-0.25, -0.2) is 9.13 Å². The van der Waals surface area contributed by atoms with Crippen molar-refractivity contribution in [1.82, 2.24) is 0 Å². The number of phosphoric acid groups is 2. The molecule has 3 N–H and O–H groups in total. The highest BCUT2D eigenvalue weighted by Gasteiger charge is 2.30. The molecular weight excluding hydrogens is 1350 g/mol. The van der Waals surface area contributed by atoms with Crippen molar-refractivity contribution < 1.29 is 80.2 Å². The molecule has 19 heteroatoms. The summed E-state index contributed by atoms with van der Waals surface area (Å²) in [5.74, 6) is -2.11. The first kappa shape index (κ1) is 102. The molecule has 0 saturated heterocycles. The van der Waals surface area contributed by atoms with Gasteiger partial charge in [0.05, 0.1) is 26.4 Å². The van der Waals surface area contributed by atoms with Crippen LogP contribution in [-0.2, 0) is 65.4 Å². The molecule has 0 aromatic heterocycles. The van der Waals surface area contributed by atoms with Gasteiger partial charge in [0.25, 0.3) is 0 Å². The van der Waals surface area contributed by atoms with E-state index in [1.54, 1.807) is 0 Å². The van der Waals surface area contributed by atoms with Crippen LogP contribution in [0.25, 0.3) is 0 Å². The summed E-state index contributed by atoms with van der Waals surface area (Å²) < 4.78 is 68.9. The smallest absolute Gasteiger partial charge is 0.462 e. The van der Waals surface area contributed by atoms with Gasteiger partial charge in [0.1, 0.15) is 19.3 Å². The fourth-order valence-electron chi connectivity index (χ4n) is 13.0. The van der Waals surface area contributed by atoms with E-state index in [2.05, 4.69) is 39.8 Å². The number of carbonyl (C=O) groups is 4. The van der Waals surface area contributed by atoms with Gasteiger partial charge in [0.15, 0.2) is 12.2 Å². The number of carbonyl (C=O) groups excluding carboxylic acids is 4. The van der Waals surface area contributed by atoms with E-state index in [0.29, 0.717) is 25.7 Å². The largest absolute Gasteiger partial charge is 0.472 e. The summed E-state index contributed by atoms with van der Waals surface area (Å²) in [4.78, 5) is 73.2. The number of hydrogen-bond donors (Lipinski definition) is 3. The van der Waals surface area contributed by atoms with E-state index in [9.17, 15) is 43.2 Å². The monoisotopic (exact) mass is 1520 g/mol. The number of allylic oxidation sites excluding steroid dienone is 2. The molecule has 616 valence electrons. The summed E-state index contributed by atoms with van der Waals surface area (Å²) in [5, 5.41) is 10.7. The average molecular weight is 1520 g/mol. The Morgan fingerprint density at radius 3 is 0.663 bits per heavy atom. The third-order valence-corrected chi connectivity index (χ3v) is 21.7. The Morgan fingerprint density at radius 1 is 0.260 bits per heavy atom. The van der Waals surface area contributed by atoms with Crippen molar-refractivity contribution in [2.24, 2.45) is 0 Å². The zero-order chi connectivity index (χ0) is 76.0. The number of rotatable bonds is 85. The maximum Gasteiger partial charge on any atom is 0.472 e. The van der Waals surface area contributed by atoms with Gasteiger partial charge < -0.3 is 33.8 Å². The first-order valence-corrected chi connectivity index (χ1v) is 46.9. The van der Waals surface area contributed by atoms with Crippen molar-refractivity contribution in [3.63, 3.8) is 0 Å². The molecule has 17 nitrogen and oxygen atoms in total. The van der Waals surface area contributed by atoms with Crippen LogP contribution < -0.4 is 0 Å². The van der Waals surface area contributed by atoms with Crippen LogP contribution in [0.1, 0.15) is 451 Å². The van der Waals surface area contributed by atoms with Crippen molar-refractivity contribution in [3.05, 3.63) is 12.2 Å². The maximum atomic E-state index is 13.1. The molecular formula is C85H164O17P2. The van der Waals surface area contributed by atoms with Crippen LogP contribution in [-0.4, -0.2) is 96.7 Å². The van der Waals surface area contributed by atoms with Crippen LogP contribution in [0.4, 0.5) is 0 Å². The van der Waals surface area contributed by atoms with Crippen LogP contribution in [0, 0.1) is 0 Å². The predicted molar refractivity (Wildman–Crippen MR) is 428 cm³/mol. The fraction of sp³-hybridized carbons (Fsp3) is 0.929. The summed E-state index contributed by atoms with van der Waals surface area (Å²) in [6.45, 7) is 5.04. The standard InChI is InChI=1S/C85H164O17P2/c1-5-9-13-17-21-25-29-33-37-39-43-47-51-55-59-63-67-71-84(89)101-80(75-95-82(87)69-65-61-57-53-49-45-41-35-31-27-23-19-15-11-7-3)77-99-103(91,92)97-73-79(86)74-98-104(93,94)100-78-81(76-96-83(88)70-66-62-58-54-50-46-42-36-32-28-24-20-16-12-8-4)102-85(90)72-68-64-60-56-52-48-44-40-38-34-30-26-22-18-14-10-6-2/h35,41,79-81,86H,5-34,36-40,42-78H2,1-4H3,(H,91,92)(H,93,94)/b41-35-/t79-,80+,81+/m0/s1. The third-order valence-electron chi connectivity index (χ3n) is 19.8. The van der Waals surface area contributed by atoms with E-state index in [1.807, 2.05) is 0 Å². The quantitative estimate of drug-likeness (QED) is 0.0169. The van der Waals surface area contributed by atoms with Gasteiger partial charge in [-0.3, -0.25) is 37.3 Å². The van der Waals surface area contributed by atoms with E-state index in [4.69, 9.17) is 37.0 Å². The highest BCUT2D eigenvalue weighted by molar-refractivity contribution is 7.47. The lowest BCUT2D eigenvalue weighted by atomic mass is 10.0. The second-order valence-corrected chi connectivity index (χ2v) is 33.1. The number of unbranched alkanes of at least 4 members (excludes halogenated alkanes) is 57. The molecule has 104 heavy (non-hydrogen) atoms. The van der Waals surface area contributed by atoms with Gasteiger partial charge in [-0.1, -0.05) is 387 Å². The average Bonchev–Trinajstić information content (AvgIpc) is 1.44. The Labute approximate surface area is 638 Å². The lowest BCUT2D eigenvalue weighted by Gasteiger charge is -2.21. The minimum atomic E-state index is -4.97. The summed E-state index contributed by atoms with van der Waals surface area (Å²) in [6.07, 6.45) is 74.5. The van der Waals surface area contributed by atoms with E-state index in [0.717, 1.165) is 109 Å². The maximum absolute atomic E-state index is 13.1. The molecule has 0 aromatic rings. The van der Waals surface area contributed by atoms with Gasteiger partial charge in [0.2, 0.25) is 0 Å². The molecule has 0 fully saturated rings. The summed E-state index contributed by atoms with van der Waals surface area (Å²) in [7, 11) is -9.93. The van der Waals surface area contributed by atoms with E-state index >= 15 is 0 Å². The number of aliphatic hydroxyl groups excluding tert-OH is 1. The molecule has 0 saturated carbocycles. The van der Waals surface area contributed by atoms with Crippen molar-refractivity contribution in [2.45, 2.75) is 470 Å². The van der Waals surface area contributed by atoms with Gasteiger partial charge in [0, 0.05) is 25.7 Å². The number of hydrogen-bond acceptors (Lipinski definition) is 15. The van der Waals surface area contributed by atoms with Crippen molar-refractivity contribution in [2.75, 3.05) is 39.6 Å². The Morgan fingerprint density at radius 2 is 0.442 bits per heavy atom. The molecule has 0 amide bonds. The molecule has 2 unspecified atom stereocenters. The Hall–Kier alpha value is -2.20. The molecule has 0 spiro atoms. The van der Waals surface area contributed by atoms with Crippen LogP contribution in [0.15, 0.2) is 12.2 Å². The van der Waals surface area contributed by atoms with E-state index in [-0.39, 0.29) is 25.7 Å². The Balaban J connectivity index is 5.29. The van der Waals surface area contributed by atoms with Crippen molar-refractivity contribution in [3.8, 4) is 0 Å². The van der Waals surface area contributed by atoms with Crippen molar-refractivity contribution in [1.29, 1.82) is 0 Å². The van der Waals surface area contributed by atoms with Crippen LogP contribution in [0.5, 0.6) is 0 Å². The minimum absolute atomic E-state index is 0.106. The second kappa shape index (κ2) is 78.9. The number of aliphatic hydroxyl groups is 1. The van der Waals surface area contributed by atoms with Gasteiger partial charge in [-0.2, -0.15) is 0 Å². The number of esters is 4. The predicted octanol–water partition coefficient (Wildman–Crippen LogP) is 25.9. The number of ether oxygens (including phenoxy) is 4. The molecule has 0 rings (SSSR count).